The Kier molecular flexibility index (Phi) is 4.17. The summed E-state index contributed by atoms with van der Waals surface area (Å²) in [6.45, 7) is 2.18. The van der Waals surface area contributed by atoms with Gasteiger partial charge in [0.25, 0.3) is 5.91 Å². The summed E-state index contributed by atoms with van der Waals surface area (Å²) >= 11 is 0. The topological polar surface area (TPSA) is 51.7 Å². The number of pyridine rings is 1. The van der Waals surface area contributed by atoms with Crippen LogP contribution in [0.3, 0.4) is 0 Å². The molecule has 0 spiro atoms. The van der Waals surface area contributed by atoms with E-state index < -0.39 is 0 Å². The van der Waals surface area contributed by atoms with Gasteiger partial charge in [-0.2, -0.15) is 0 Å². The summed E-state index contributed by atoms with van der Waals surface area (Å²) in [7, 11) is 0. The Morgan fingerprint density at radius 1 is 1.17 bits per heavy atom. The Balaban J connectivity index is 1.46. The lowest BCUT2D eigenvalue weighted by Gasteiger charge is -2.22. The maximum atomic E-state index is 12.7. The molecule has 124 valence electrons. The van der Waals surface area contributed by atoms with Crippen LogP contribution in [0.15, 0.2) is 42.6 Å². The molecule has 0 atom stereocenters. The summed E-state index contributed by atoms with van der Waals surface area (Å²) in [6.07, 6.45) is 4.43. The van der Waals surface area contributed by atoms with Crippen LogP contribution in [0.4, 0.5) is 5.69 Å². The van der Waals surface area contributed by atoms with Crippen LogP contribution in [0.5, 0.6) is 5.88 Å². The highest BCUT2D eigenvalue weighted by atomic mass is 16.5. The molecule has 0 aliphatic carbocycles. The summed E-state index contributed by atoms with van der Waals surface area (Å²) in [5.41, 5.74) is 2.81. The second-order valence-corrected chi connectivity index (χ2v) is 6.15. The fourth-order valence-corrected chi connectivity index (χ4v) is 3.25. The summed E-state index contributed by atoms with van der Waals surface area (Å²) in [5.74, 6) is 0.560. The van der Waals surface area contributed by atoms with Crippen molar-refractivity contribution in [2.75, 3.05) is 24.7 Å². The predicted octanol–water partition coefficient (Wildman–Crippen LogP) is 2.84. The first-order valence-corrected chi connectivity index (χ1v) is 8.41. The first kappa shape index (κ1) is 15.1. The number of benzene rings is 1. The molecule has 0 N–H and O–H groups in total. The van der Waals surface area contributed by atoms with Crippen LogP contribution >= 0.6 is 0 Å². The number of ether oxygens (including phenoxy) is 2. The molecule has 2 aliphatic heterocycles. The molecule has 24 heavy (non-hydrogen) atoms. The highest BCUT2D eigenvalue weighted by Crippen LogP contribution is 2.29. The van der Waals surface area contributed by atoms with Crippen molar-refractivity contribution in [3.8, 4) is 5.88 Å². The third kappa shape index (κ3) is 2.99. The summed E-state index contributed by atoms with van der Waals surface area (Å²) in [5, 5.41) is 0. The van der Waals surface area contributed by atoms with Crippen molar-refractivity contribution in [3.63, 3.8) is 0 Å². The van der Waals surface area contributed by atoms with Crippen LogP contribution < -0.4 is 9.64 Å². The molecule has 0 radical (unpaired) electrons. The van der Waals surface area contributed by atoms with Gasteiger partial charge in [-0.1, -0.05) is 18.2 Å². The van der Waals surface area contributed by atoms with Gasteiger partial charge in [-0.3, -0.25) is 4.79 Å². The van der Waals surface area contributed by atoms with Gasteiger partial charge >= 0.3 is 0 Å². The number of para-hydroxylation sites is 1. The molecule has 2 aliphatic rings. The van der Waals surface area contributed by atoms with E-state index in [1.54, 1.807) is 18.3 Å². The standard InChI is InChI=1S/C19H20N2O3/c22-19(21-10-7-14-3-1-2-4-17(14)21)15-5-6-18(20-13-15)24-16-8-11-23-12-9-16/h1-6,13,16H,7-12H2. The molecule has 0 bridgehead atoms. The molecule has 5 heteroatoms. The van der Waals surface area contributed by atoms with Gasteiger partial charge in [0.2, 0.25) is 5.88 Å². The summed E-state index contributed by atoms with van der Waals surface area (Å²) < 4.78 is 11.2. The van der Waals surface area contributed by atoms with Crippen LogP contribution in [0, 0.1) is 0 Å². The van der Waals surface area contributed by atoms with Crippen molar-refractivity contribution in [2.45, 2.75) is 25.4 Å². The number of anilines is 1. The predicted molar refractivity (Wildman–Crippen MR) is 90.5 cm³/mol. The smallest absolute Gasteiger partial charge is 0.259 e. The zero-order valence-corrected chi connectivity index (χ0v) is 13.5. The maximum Gasteiger partial charge on any atom is 0.259 e. The highest BCUT2D eigenvalue weighted by Gasteiger charge is 2.25. The minimum Gasteiger partial charge on any atom is -0.474 e. The van der Waals surface area contributed by atoms with Crippen LogP contribution in [0.2, 0.25) is 0 Å². The Labute approximate surface area is 141 Å². The second-order valence-electron chi connectivity index (χ2n) is 6.15. The number of hydrogen-bond donors (Lipinski definition) is 0. The number of carbonyl (C=O) groups excluding carboxylic acids is 1. The van der Waals surface area contributed by atoms with Gasteiger partial charge < -0.3 is 14.4 Å². The molecular formula is C19H20N2O3. The third-order valence-corrected chi connectivity index (χ3v) is 4.57. The van der Waals surface area contributed by atoms with Gasteiger partial charge in [0.1, 0.15) is 6.10 Å². The van der Waals surface area contributed by atoms with Gasteiger partial charge in [0, 0.05) is 37.3 Å². The Morgan fingerprint density at radius 3 is 2.79 bits per heavy atom. The van der Waals surface area contributed by atoms with E-state index in [9.17, 15) is 4.79 Å². The molecule has 1 aromatic carbocycles. The van der Waals surface area contributed by atoms with Gasteiger partial charge in [-0.25, -0.2) is 4.98 Å². The number of aromatic nitrogens is 1. The van der Waals surface area contributed by atoms with Crippen LogP contribution in [-0.4, -0.2) is 36.8 Å². The molecule has 2 aromatic rings. The maximum absolute atomic E-state index is 12.7. The number of rotatable bonds is 3. The average molecular weight is 324 g/mol. The van der Waals surface area contributed by atoms with Gasteiger partial charge in [-0.05, 0) is 24.1 Å². The molecule has 0 unspecified atom stereocenters. The SMILES string of the molecule is O=C(c1ccc(OC2CCOCC2)nc1)N1CCc2ccccc21. The quantitative estimate of drug-likeness (QED) is 0.871. The first-order valence-electron chi connectivity index (χ1n) is 8.41. The number of carbonyl (C=O) groups is 1. The lowest BCUT2D eigenvalue weighted by Crippen LogP contribution is -2.29. The van der Waals surface area contributed by atoms with Gasteiger partial charge in [0.15, 0.2) is 0 Å². The van der Waals surface area contributed by atoms with Gasteiger partial charge in [-0.15, -0.1) is 0 Å². The molecule has 1 aromatic heterocycles. The molecule has 0 saturated carbocycles. The Morgan fingerprint density at radius 2 is 2.00 bits per heavy atom. The van der Waals surface area contributed by atoms with E-state index in [1.165, 1.54) is 5.56 Å². The molecule has 3 heterocycles. The van der Waals surface area contributed by atoms with Crippen molar-refractivity contribution in [1.29, 1.82) is 0 Å². The number of fused-ring (bicyclic) bond motifs is 1. The van der Waals surface area contributed by atoms with Crippen molar-refractivity contribution >= 4 is 11.6 Å². The first-order chi connectivity index (χ1) is 11.8. The van der Waals surface area contributed by atoms with Crippen molar-refractivity contribution < 1.29 is 14.3 Å². The van der Waals surface area contributed by atoms with E-state index in [-0.39, 0.29) is 12.0 Å². The van der Waals surface area contributed by atoms with Crippen molar-refractivity contribution in [2.24, 2.45) is 0 Å². The highest BCUT2D eigenvalue weighted by molar-refractivity contribution is 6.07. The van der Waals surface area contributed by atoms with Crippen LogP contribution in [0.1, 0.15) is 28.8 Å². The van der Waals surface area contributed by atoms with E-state index in [0.717, 1.165) is 44.7 Å². The largest absolute Gasteiger partial charge is 0.474 e. The molecule has 4 rings (SSSR count). The van der Waals surface area contributed by atoms with Crippen LogP contribution in [-0.2, 0) is 11.2 Å². The molecule has 1 amide bonds. The van der Waals surface area contributed by atoms with Crippen LogP contribution in [0.25, 0.3) is 0 Å². The Hall–Kier alpha value is -2.40. The van der Waals surface area contributed by atoms with E-state index in [4.69, 9.17) is 9.47 Å². The fraction of sp³-hybridized carbons (Fsp3) is 0.368. The monoisotopic (exact) mass is 324 g/mol. The average Bonchev–Trinajstić information content (AvgIpc) is 3.07. The molecule has 1 fully saturated rings. The van der Waals surface area contributed by atoms with E-state index in [1.807, 2.05) is 23.1 Å². The number of nitrogens with zero attached hydrogens (tertiary/aromatic N) is 2. The molecule has 1 saturated heterocycles. The lowest BCUT2D eigenvalue weighted by molar-refractivity contribution is 0.0237. The zero-order chi connectivity index (χ0) is 16.4. The minimum absolute atomic E-state index is 0.00920. The van der Waals surface area contributed by atoms with E-state index >= 15 is 0 Å². The molecular weight excluding hydrogens is 304 g/mol. The Bertz CT molecular complexity index is 724. The fourth-order valence-electron chi connectivity index (χ4n) is 3.25. The van der Waals surface area contributed by atoms with E-state index in [0.29, 0.717) is 11.4 Å². The minimum atomic E-state index is -0.00920. The second kappa shape index (κ2) is 6.61. The molecule has 5 nitrogen and oxygen atoms in total. The van der Waals surface area contributed by atoms with Crippen molar-refractivity contribution in [1.82, 2.24) is 4.98 Å². The summed E-state index contributed by atoms with van der Waals surface area (Å²) in [6, 6.07) is 11.6. The number of amides is 1. The normalized spacial score (nSPS) is 17.6. The van der Waals surface area contributed by atoms with Gasteiger partial charge in [0.05, 0.1) is 18.8 Å². The third-order valence-electron chi connectivity index (χ3n) is 4.57. The number of hydrogen-bond acceptors (Lipinski definition) is 4. The van der Waals surface area contributed by atoms with Crippen molar-refractivity contribution in [3.05, 3.63) is 53.7 Å². The lowest BCUT2D eigenvalue weighted by atomic mass is 10.1. The zero-order valence-electron chi connectivity index (χ0n) is 13.5. The summed E-state index contributed by atoms with van der Waals surface area (Å²) in [4.78, 5) is 18.9. The van der Waals surface area contributed by atoms with E-state index in [2.05, 4.69) is 11.1 Å².